The van der Waals surface area contributed by atoms with Gasteiger partial charge in [-0.2, -0.15) is 0 Å². The Morgan fingerprint density at radius 2 is 2.06 bits per heavy atom. The van der Waals surface area contributed by atoms with Gasteiger partial charge in [0.25, 0.3) is 0 Å². The molecule has 0 spiro atoms. The van der Waals surface area contributed by atoms with Gasteiger partial charge in [-0.25, -0.2) is 4.98 Å². The number of halogens is 1. The summed E-state index contributed by atoms with van der Waals surface area (Å²) < 4.78 is 1.01. The number of rotatable bonds is 3. The number of carboxylic acid groups (broad SMARTS) is 1. The molecule has 88 valence electrons. The van der Waals surface area contributed by atoms with Crippen molar-refractivity contribution in [3.63, 3.8) is 0 Å². The van der Waals surface area contributed by atoms with Crippen molar-refractivity contribution in [1.82, 2.24) is 4.98 Å². The van der Waals surface area contributed by atoms with E-state index in [4.69, 9.17) is 5.11 Å². The summed E-state index contributed by atoms with van der Waals surface area (Å²) in [4.78, 5) is 16.0. The van der Waals surface area contributed by atoms with E-state index in [1.807, 2.05) is 31.2 Å². The van der Waals surface area contributed by atoms with Crippen molar-refractivity contribution < 1.29 is 9.90 Å². The number of aryl methyl sites for hydroxylation is 1. The molecular weight excluding hydrogens is 302 g/mol. The van der Waals surface area contributed by atoms with Crippen molar-refractivity contribution in [1.29, 1.82) is 0 Å². The summed E-state index contributed by atoms with van der Waals surface area (Å²) in [6.45, 7) is 1.90. The quantitative estimate of drug-likeness (QED) is 0.943. The molecule has 1 heterocycles. The van der Waals surface area contributed by atoms with E-state index in [-0.39, 0.29) is 6.42 Å². The van der Waals surface area contributed by atoms with Crippen molar-refractivity contribution >= 4 is 33.2 Å². The molecule has 0 amide bonds. The molecule has 5 heteroatoms. The monoisotopic (exact) mass is 311 g/mol. The second-order valence-electron chi connectivity index (χ2n) is 3.60. The van der Waals surface area contributed by atoms with Crippen LogP contribution in [0.3, 0.4) is 0 Å². The van der Waals surface area contributed by atoms with Gasteiger partial charge in [-0.3, -0.25) is 4.79 Å². The predicted octanol–water partition coefficient (Wildman–Crippen LogP) is 3.51. The molecule has 0 saturated heterocycles. The van der Waals surface area contributed by atoms with Crippen LogP contribution in [0.1, 0.15) is 10.6 Å². The maximum atomic E-state index is 10.7. The van der Waals surface area contributed by atoms with Gasteiger partial charge < -0.3 is 5.11 Å². The molecule has 17 heavy (non-hydrogen) atoms. The number of aromatic nitrogens is 1. The van der Waals surface area contributed by atoms with Crippen LogP contribution >= 0.6 is 27.3 Å². The minimum Gasteiger partial charge on any atom is -0.481 e. The Kier molecular flexibility index (Phi) is 3.59. The van der Waals surface area contributed by atoms with E-state index in [1.165, 1.54) is 11.3 Å². The van der Waals surface area contributed by atoms with Crippen LogP contribution in [0, 0.1) is 6.92 Å². The fourth-order valence-electron chi connectivity index (χ4n) is 1.45. The fraction of sp³-hybridized carbons (Fsp3) is 0.167. The first-order valence-electron chi connectivity index (χ1n) is 5.00. The molecule has 0 aliphatic rings. The third-order valence-corrected chi connectivity index (χ3v) is 3.89. The minimum absolute atomic E-state index is 0.0150. The topological polar surface area (TPSA) is 50.2 Å². The zero-order valence-electron chi connectivity index (χ0n) is 9.11. The molecule has 3 nitrogen and oxygen atoms in total. The van der Waals surface area contributed by atoms with Crippen molar-refractivity contribution in [3.8, 4) is 10.6 Å². The molecule has 1 N–H and O–H groups in total. The minimum atomic E-state index is -0.847. The SMILES string of the molecule is Cc1sc(-c2ccc(Br)cc2)nc1CC(=O)O. The Morgan fingerprint density at radius 1 is 1.41 bits per heavy atom. The number of benzene rings is 1. The lowest BCUT2D eigenvalue weighted by molar-refractivity contribution is -0.136. The molecule has 0 aliphatic heterocycles. The molecule has 0 radical (unpaired) electrons. The van der Waals surface area contributed by atoms with Crippen LogP contribution < -0.4 is 0 Å². The molecule has 0 atom stereocenters. The summed E-state index contributed by atoms with van der Waals surface area (Å²) in [6.07, 6.45) is -0.0150. The molecule has 0 fully saturated rings. The standard InChI is InChI=1S/C12H10BrNO2S/c1-7-10(6-11(15)16)14-12(17-7)8-2-4-9(13)5-3-8/h2-5H,6H2,1H3,(H,15,16). The molecular formula is C12H10BrNO2S. The lowest BCUT2D eigenvalue weighted by Crippen LogP contribution is -2.01. The average molecular weight is 312 g/mol. The molecule has 1 aromatic carbocycles. The normalized spacial score (nSPS) is 10.5. The first-order valence-corrected chi connectivity index (χ1v) is 6.61. The summed E-state index contributed by atoms with van der Waals surface area (Å²) in [7, 11) is 0. The van der Waals surface area contributed by atoms with E-state index in [0.29, 0.717) is 5.69 Å². The van der Waals surface area contributed by atoms with Gasteiger partial charge >= 0.3 is 5.97 Å². The Labute approximate surface area is 111 Å². The molecule has 0 aliphatic carbocycles. The van der Waals surface area contributed by atoms with E-state index in [1.54, 1.807) is 0 Å². The zero-order valence-corrected chi connectivity index (χ0v) is 11.5. The average Bonchev–Trinajstić information content (AvgIpc) is 2.60. The number of hydrogen-bond acceptors (Lipinski definition) is 3. The summed E-state index contributed by atoms with van der Waals surface area (Å²) in [5.74, 6) is -0.847. The van der Waals surface area contributed by atoms with Crippen molar-refractivity contribution in [2.75, 3.05) is 0 Å². The van der Waals surface area contributed by atoms with Gasteiger partial charge in [-0.05, 0) is 19.1 Å². The van der Waals surface area contributed by atoms with Crippen LogP contribution in [0.4, 0.5) is 0 Å². The van der Waals surface area contributed by atoms with E-state index in [9.17, 15) is 4.79 Å². The van der Waals surface area contributed by atoms with Gasteiger partial charge in [0.05, 0.1) is 12.1 Å². The summed E-state index contributed by atoms with van der Waals surface area (Å²) in [6, 6.07) is 7.83. The first kappa shape index (κ1) is 12.3. The smallest absolute Gasteiger partial charge is 0.309 e. The highest BCUT2D eigenvalue weighted by Crippen LogP contribution is 2.28. The van der Waals surface area contributed by atoms with Crippen molar-refractivity contribution in [2.24, 2.45) is 0 Å². The molecule has 0 bridgehead atoms. The zero-order chi connectivity index (χ0) is 12.4. The fourth-order valence-corrected chi connectivity index (χ4v) is 2.65. The third kappa shape index (κ3) is 2.92. The Balaban J connectivity index is 2.34. The maximum absolute atomic E-state index is 10.7. The van der Waals surface area contributed by atoms with Gasteiger partial charge in [-0.1, -0.05) is 28.1 Å². The Morgan fingerprint density at radius 3 is 2.65 bits per heavy atom. The van der Waals surface area contributed by atoms with Crippen LogP contribution in [0.15, 0.2) is 28.7 Å². The number of carbonyl (C=O) groups is 1. The predicted molar refractivity (Wildman–Crippen MR) is 71.3 cm³/mol. The van der Waals surface area contributed by atoms with Gasteiger partial charge in [0.1, 0.15) is 5.01 Å². The van der Waals surface area contributed by atoms with Crippen LogP contribution in [-0.2, 0) is 11.2 Å². The van der Waals surface area contributed by atoms with Gasteiger partial charge in [0.15, 0.2) is 0 Å². The molecule has 2 rings (SSSR count). The number of hydrogen-bond donors (Lipinski definition) is 1. The van der Waals surface area contributed by atoms with Crippen molar-refractivity contribution in [2.45, 2.75) is 13.3 Å². The molecule has 2 aromatic rings. The van der Waals surface area contributed by atoms with E-state index >= 15 is 0 Å². The second-order valence-corrected chi connectivity index (χ2v) is 5.72. The maximum Gasteiger partial charge on any atom is 0.309 e. The number of nitrogens with zero attached hydrogens (tertiary/aromatic N) is 1. The summed E-state index contributed by atoms with van der Waals surface area (Å²) in [5, 5.41) is 9.63. The molecule has 0 saturated carbocycles. The largest absolute Gasteiger partial charge is 0.481 e. The van der Waals surface area contributed by atoms with Crippen LogP contribution in [0.5, 0.6) is 0 Å². The number of thiazole rings is 1. The third-order valence-electron chi connectivity index (χ3n) is 2.30. The summed E-state index contributed by atoms with van der Waals surface area (Å²) in [5.41, 5.74) is 1.67. The highest BCUT2D eigenvalue weighted by Gasteiger charge is 2.11. The molecule has 1 aromatic heterocycles. The first-order chi connectivity index (χ1) is 8.06. The lowest BCUT2D eigenvalue weighted by Gasteiger charge is -1.95. The van der Waals surface area contributed by atoms with Gasteiger partial charge in [-0.15, -0.1) is 11.3 Å². The van der Waals surface area contributed by atoms with E-state index in [2.05, 4.69) is 20.9 Å². The highest BCUT2D eigenvalue weighted by atomic mass is 79.9. The van der Waals surface area contributed by atoms with Crippen molar-refractivity contribution in [3.05, 3.63) is 39.3 Å². The van der Waals surface area contributed by atoms with E-state index in [0.717, 1.165) is 19.9 Å². The van der Waals surface area contributed by atoms with Crippen LogP contribution in [-0.4, -0.2) is 16.1 Å². The van der Waals surface area contributed by atoms with Crippen LogP contribution in [0.2, 0.25) is 0 Å². The Hall–Kier alpha value is -1.20. The highest BCUT2D eigenvalue weighted by molar-refractivity contribution is 9.10. The van der Waals surface area contributed by atoms with Gasteiger partial charge in [0, 0.05) is 14.9 Å². The summed E-state index contributed by atoms with van der Waals surface area (Å²) >= 11 is 4.90. The van der Waals surface area contributed by atoms with E-state index < -0.39 is 5.97 Å². The molecule has 0 unspecified atom stereocenters. The lowest BCUT2D eigenvalue weighted by atomic mass is 10.2. The second kappa shape index (κ2) is 4.98. The van der Waals surface area contributed by atoms with Gasteiger partial charge in [0.2, 0.25) is 0 Å². The number of carboxylic acids is 1. The Bertz CT molecular complexity index is 548. The number of aliphatic carboxylic acids is 1. The van der Waals surface area contributed by atoms with Crippen LogP contribution in [0.25, 0.3) is 10.6 Å².